The molecule has 14 heavy (non-hydrogen) atoms. The summed E-state index contributed by atoms with van der Waals surface area (Å²) in [4.78, 5) is 0. The Morgan fingerprint density at radius 2 is 2.00 bits per heavy atom. The maximum Gasteiger partial charge on any atom is 0.0631 e. The summed E-state index contributed by atoms with van der Waals surface area (Å²) in [7, 11) is 0. The van der Waals surface area contributed by atoms with Crippen LogP contribution in [0.15, 0.2) is 0 Å². The Bertz CT molecular complexity index is 218. The third-order valence-electron chi connectivity index (χ3n) is 4.05. The van der Waals surface area contributed by atoms with Crippen LogP contribution in [0.2, 0.25) is 0 Å². The average Bonchev–Trinajstić information content (AvgIpc) is 2.74. The van der Waals surface area contributed by atoms with Crippen LogP contribution in [0.25, 0.3) is 0 Å². The largest absolute Gasteiger partial charge is 0.372 e. The third kappa shape index (κ3) is 1.96. The van der Waals surface area contributed by atoms with Crippen LogP contribution < -0.4 is 5.73 Å². The van der Waals surface area contributed by atoms with E-state index >= 15 is 0 Å². The van der Waals surface area contributed by atoms with E-state index in [4.69, 9.17) is 10.5 Å². The first-order valence-corrected chi connectivity index (χ1v) is 5.87. The van der Waals surface area contributed by atoms with Gasteiger partial charge >= 0.3 is 0 Å². The van der Waals surface area contributed by atoms with Gasteiger partial charge in [-0.2, -0.15) is 0 Å². The quantitative estimate of drug-likeness (QED) is 0.754. The molecule has 0 aromatic heterocycles. The van der Waals surface area contributed by atoms with Gasteiger partial charge in [0.2, 0.25) is 0 Å². The van der Waals surface area contributed by atoms with Crippen molar-refractivity contribution in [2.75, 3.05) is 0 Å². The minimum atomic E-state index is 0.110. The fourth-order valence-corrected chi connectivity index (χ4v) is 2.68. The second-order valence-electron chi connectivity index (χ2n) is 5.89. The molecule has 2 aliphatic rings. The lowest BCUT2D eigenvalue weighted by molar-refractivity contribution is -0.0277. The summed E-state index contributed by atoms with van der Waals surface area (Å²) in [5.41, 5.74) is 6.57. The Balaban J connectivity index is 1.88. The molecular weight excluding hydrogens is 174 g/mol. The molecule has 0 amide bonds. The molecule has 2 fully saturated rings. The van der Waals surface area contributed by atoms with Crippen LogP contribution in [0, 0.1) is 5.41 Å². The summed E-state index contributed by atoms with van der Waals surface area (Å²) in [6.45, 7) is 6.53. The van der Waals surface area contributed by atoms with E-state index in [-0.39, 0.29) is 5.60 Å². The highest BCUT2D eigenvalue weighted by atomic mass is 16.5. The topological polar surface area (TPSA) is 35.2 Å². The van der Waals surface area contributed by atoms with Crippen molar-refractivity contribution in [3.05, 3.63) is 0 Å². The van der Waals surface area contributed by atoms with E-state index in [1.54, 1.807) is 0 Å². The van der Waals surface area contributed by atoms with E-state index in [2.05, 4.69) is 20.8 Å². The number of rotatable bonds is 3. The van der Waals surface area contributed by atoms with Crippen LogP contribution in [-0.4, -0.2) is 17.7 Å². The summed E-state index contributed by atoms with van der Waals surface area (Å²) in [6, 6.07) is 0.342. The molecular formula is C12H23NO. The van der Waals surface area contributed by atoms with Crippen molar-refractivity contribution >= 4 is 0 Å². The van der Waals surface area contributed by atoms with E-state index in [1.807, 2.05) is 0 Å². The van der Waals surface area contributed by atoms with E-state index < -0.39 is 0 Å². The molecule has 1 heterocycles. The second-order valence-corrected chi connectivity index (χ2v) is 5.89. The SMILES string of the molecule is CC(N)C1(CC2CCC(C)(C)O2)CC1. The van der Waals surface area contributed by atoms with Crippen LogP contribution >= 0.6 is 0 Å². The fourth-order valence-electron chi connectivity index (χ4n) is 2.68. The van der Waals surface area contributed by atoms with Crippen molar-refractivity contribution in [3.8, 4) is 0 Å². The molecule has 1 aliphatic carbocycles. The smallest absolute Gasteiger partial charge is 0.0631 e. The molecule has 0 spiro atoms. The van der Waals surface area contributed by atoms with E-state index in [9.17, 15) is 0 Å². The van der Waals surface area contributed by atoms with Crippen molar-refractivity contribution in [2.45, 2.75) is 70.6 Å². The highest BCUT2D eigenvalue weighted by molar-refractivity contribution is 5.01. The maximum absolute atomic E-state index is 6.02. The monoisotopic (exact) mass is 197 g/mol. The summed E-state index contributed by atoms with van der Waals surface area (Å²) in [5, 5.41) is 0. The summed E-state index contributed by atoms with van der Waals surface area (Å²) in [5.74, 6) is 0. The Morgan fingerprint density at radius 1 is 1.36 bits per heavy atom. The first-order chi connectivity index (χ1) is 6.44. The average molecular weight is 197 g/mol. The molecule has 0 aromatic carbocycles. The third-order valence-corrected chi connectivity index (χ3v) is 4.05. The molecule has 0 radical (unpaired) electrons. The highest BCUT2D eigenvalue weighted by Gasteiger charge is 2.48. The van der Waals surface area contributed by atoms with Crippen molar-refractivity contribution < 1.29 is 4.74 Å². The molecule has 0 bridgehead atoms. The first kappa shape index (κ1) is 10.4. The van der Waals surface area contributed by atoms with Gasteiger partial charge < -0.3 is 10.5 Å². The molecule has 0 aromatic rings. The van der Waals surface area contributed by atoms with Gasteiger partial charge in [0.25, 0.3) is 0 Å². The molecule has 1 aliphatic heterocycles. The van der Waals surface area contributed by atoms with Gasteiger partial charge in [0.1, 0.15) is 0 Å². The lowest BCUT2D eigenvalue weighted by Gasteiger charge is -2.25. The number of hydrogen-bond donors (Lipinski definition) is 1. The zero-order valence-electron chi connectivity index (χ0n) is 9.68. The lowest BCUT2D eigenvalue weighted by Crippen LogP contribution is -2.32. The van der Waals surface area contributed by atoms with Gasteiger partial charge in [-0.15, -0.1) is 0 Å². The minimum absolute atomic E-state index is 0.110. The zero-order chi connectivity index (χ0) is 10.4. The highest BCUT2D eigenvalue weighted by Crippen LogP contribution is 2.53. The normalized spacial score (nSPS) is 35.6. The number of hydrogen-bond acceptors (Lipinski definition) is 2. The lowest BCUT2D eigenvalue weighted by atomic mass is 9.90. The molecule has 1 saturated carbocycles. The summed E-state index contributed by atoms with van der Waals surface area (Å²) < 4.78 is 6.02. The molecule has 2 N–H and O–H groups in total. The standard InChI is InChI=1S/C12H23NO/c1-9(13)12(6-7-12)8-10-4-5-11(2,3)14-10/h9-10H,4-8,13H2,1-3H3. The number of nitrogens with two attached hydrogens (primary N) is 1. The van der Waals surface area contributed by atoms with Gasteiger partial charge in [0.15, 0.2) is 0 Å². The van der Waals surface area contributed by atoms with Gasteiger partial charge in [0.05, 0.1) is 11.7 Å². The van der Waals surface area contributed by atoms with Crippen LogP contribution in [0.3, 0.4) is 0 Å². The zero-order valence-corrected chi connectivity index (χ0v) is 9.68. The van der Waals surface area contributed by atoms with Crippen molar-refractivity contribution in [1.82, 2.24) is 0 Å². The Hall–Kier alpha value is -0.0800. The van der Waals surface area contributed by atoms with E-state index in [0.717, 1.165) is 0 Å². The van der Waals surface area contributed by atoms with Crippen molar-refractivity contribution in [3.63, 3.8) is 0 Å². The Kier molecular flexibility index (Phi) is 2.39. The van der Waals surface area contributed by atoms with Crippen LogP contribution in [0.1, 0.15) is 52.9 Å². The van der Waals surface area contributed by atoms with Crippen molar-refractivity contribution in [1.29, 1.82) is 0 Å². The minimum Gasteiger partial charge on any atom is -0.372 e. The molecule has 82 valence electrons. The van der Waals surface area contributed by atoms with Gasteiger partial charge in [-0.05, 0) is 58.3 Å². The first-order valence-electron chi connectivity index (χ1n) is 5.87. The predicted octanol–water partition coefficient (Wildman–Crippen LogP) is 2.46. The maximum atomic E-state index is 6.02. The molecule has 2 heteroatoms. The molecule has 1 saturated heterocycles. The predicted molar refractivity (Wildman–Crippen MR) is 58.1 cm³/mol. The van der Waals surface area contributed by atoms with Gasteiger partial charge in [-0.3, -0.25) is 0 Å². The van der Waals surface area contributed by atoms with Crippen molar-refractivity contribution in [2.24, 2.45) is 11.1 Å². The van der Waals surface area contributed by atoms with Gasteiger partial charge in [0, 0.05) is 6.04 Å². The van der Waals surface area contributed by atoms with Gasteiger partial charge in [-0.25, -0.2) is 0 Å². The molecule has 2 rings (SSSR count). The van der Waals surface area contributed by atoms with Crippen LogP contribution in [0.5, 0.6) is 0 Å². The Labute approximate surface area is 87.2 Å². The van der Waals surface area contributed by atoms with E-state index in [0.29, 0.717) is 17.6 Å². The summed E-state index contributed by atoms with van der Waals surface area (Å²) >= 11 is 0. The molecule has 2 unspecified atom stereocenters. The van der Waals surface area contributed by atoms with E-state index in [1.165, 1.54) is 32.1 Å². The number of ether oxygens (including phenoxy) is 1. The Morgan fingerprint density at radius 3 is 2.36 bits per heavy atom. The van der Waals surface area contributed by atoms with Gasteiger partial charge in [-0.1, -0.05) is 0 Å². The fraction of sp³-hybridized carbons (Fsp3) is 1.00. The molecule has 2 atom stereocenters. The summed E-state index contributed by atoms with van der Waals surface area (Å²) in [6.07, 6.45) is 6.71. The second kappa shape index (κ2) is 3.21. The van der Waals surface area contributed by atoms with Crippen LogP contribution in [0.4, 0.5) is 0 Å². The molecule has 2 nitrogen and oxygen atoms in total. The van der Waals surface area contributed by atoms with Crippen LogP contribution in [-0.2, 0) is 4.74 Å².